The van der Waals surface area contributed by atoms with Gasteiger partial charge >= 0.3 is 6.03 Å². The van der Waals surface area contributed by atoms with Crippen molar-refractivity contribution in [3.63, 3.8) is 0 Å². The van der Waals surface area contributed by atoms with E-state index in [1.165, 1.54) is 11.3 Å². The molecule has 0 radical (unpaired) electrons. The number of ether oxygens (including phenoxy) is 1. The third-order valence-corrected chi connectivity index (χ3v) is 5.74. The number of hydrogen-bond acceptors (Lipinski definition) is 6. The number of nitrogens with one attached hydrogen (secondary N) is 2. The van der Waals surface area contributed by atoms with Gasteiger partial charge in [-0.25, -0.2) is 9.78 Å². The number of thiazole rings is 1. The second-order valence-corrected chi connectivity index (χ2v) is 7.86. The lowest BCUT2D eigenvalue weighted by molar-refractivity contribution is -0.129. The molecule has 1 aromatic heterocycles. The predicted octanol–water partition coefficient (Wildman–Crippen LogP) is 2.80. The second kappa shape index (κ2) is 8.50. The SMILES string of the molecule is COc1ccc2nc(NC(=O)CC3NC(=O)N(CCc4ccccc4)C3=O)sc2c1. The van der Waals surface area contributed by atoms with Gasteiger partial charge in [0, 0.05) is 6.54 Å². The Morgan fingerprint density at radius 1 is 1.23 bits per heavy atom. The van der Waals surface area contributed by atoms with E-state index in [-0.39, 0.29) is 24.8 Å². The number of benzene rings is 2. The number of rotatable bonds is 7. The van der Waals surface area contributed by atoms with Gasteiger partial charge in [0.05, 0.1) is 23.7 Å². The minimum absolute atomic E-state index is 0.147. The summed E-state index contributed by atoms with van der Waals surface area (Å²) < 4.78 is 6.07. The molecular weight excluding hydrogens is 404 g/mol. The Morgan fingerprint density at radius 3 is 2.80 bits per heavy atom. The van der Waals surface area contributed by atoms with Crippen LogP contribution in [0.3, 0.4) is 0 Å². The maximum atomic E-state index is 12.6. The van der Waals surface area contributed by atoms with E-state index in [1.54, 1.807) is 13.2 Å². The van der Waals surface area contributed by atoms with E-state index in [0.717, 1.165) is 20.7 Å². The fourth-order valence-corrected chi connectivity index (χ4v) is 4.16. The lowest BCUT2D eigenvalue weighted by Gasteiger charge is -2.12. The minimum atomic E-state index is -0.872. The van der Waals surface area contributed by atoms with Gasteiger partial charge < -0.3 is 15.4 Å². The topological polar surface area (TPSA) is 101 Å². The molecule has 2 N–H and O–H groups in total. The van der Waals surface area contributed by atoms with Gasteiger partial charge in [0.1, 0.15) is 11.8 Å². The summed E-state index contributed by atoms with van der Waals surface area (Å²) in [5, 5.41) is 5.73. The monoisotopic (exact) mass is 424 g/mol. The summed E-state index contributed by atoms with van der Waals surface area (Å²) in [6.07, 6.45) is 0.416. The fourth-order valence-electron chi connectivity index (χ4n) is 3.25. The Balaban J connectivity index is 1.35. The van der Waals surface area contributed by atoms with E-state index in [1.807, 2.05) is 42.5 Å². The molecular formula is C21H20N4O4S. The van der Waals surface area contributed by atoms with E-state index >= 15 is 0 Å². The van der Waals surface area contributed by atoms with Gasteiger partial charge in [-0.2, -0.15) is 0 Å². The normalized spacial score (nSPS) is 16.0. The van der Waals surface area contributed by atoms with Gasteiger partial charge in [-0.15, -0.1) is 0 Å². The highest BCUT2D eigenvalue weighted by Gasteiger charge is 2.38. The summed E-state index contributed by atoms with van der Waals surface area (Å²) in [6, 6.07) is 13.7. The molecule has 1 aliphatic rings. The van der Waals surface area contributed by atoms with Gasteiger partial charge in [0.15, 0.2) is 5.13 Å². The van der Waals surface area contributed by atoms with Crippen LogP contribution in [-0.4, -0.2) is 47.4 Å². The zero-order valence-corrected chi connectivity index (χ0v) is 17.1. The summed E-state index contributed by atoms with van der Waals surface area (Å²) in [5.41, 5.74) is 1.78. The van der Waals surface area contributed by atoms with Crippen molar-refractivity contribution in [2.45, 2.75) is 18.9 Å². The van der Waals surface area contributed by atoms with Crippen LogP contribution in [-0.2, 0) is 16.0 Å². The van der Waals surface area contributed by atoms with Crippen molar-refractivity contribution in [1.29, 1.82) is 0 Å². The molecule has 4 amide bonds. The van der Waals surface area contributed by atoms with Gasteiger partial charge in [-0.1, -0.05) is 41.7 Å². The van der Waals surface area contributed by atoms with Crippen LogP contribution in [0.2, 0.25) is 0 Å². The number of aromatic nitrogens is 1. The molecule has 3 aromatic rings. The molecule has 2 aromatic carbocycles. The number of fused-ring (bicyclic) bond motifs is 1. The first-order chi connectivity index (χ1) is 14.5. The van der Waals surface area contributed by atoms with Crippen molar-refractivity contribution in [3.05, 3.63) is 54.1 Å². The fraction of sp³-hybridized carbons (Fsp3) is 0.238. The molecule has 30 heavy (non-hydrogen) atoms. The Labute approximate surface area is 176 Å². The highest BCUT2D eigenvalue weighted by molar-refractivity contribution is 7.22. The number of imide groups is 1. The van der Waals surface area contributed by atoms with Crippen molar-refractivity contribution >= 4 is 44.5 Å². The van der Waals surface area contributed by atoms with Crippen LogP contribution in [0, 0.1) is 0 Å². The molecule has 2 heterocycles. The molecule has 4 rings (SSSR count). The second-order valence-electron chi connectivity index (χ2n) is 6.83. The zero-order chi connectivity index (χ0) is 21.1. The lowest BCUT2D eigenvalue weighted by atomic mass is 10.1. The van der Waals surface area contributed by atoms with Crippen LogP contribution in [0.1, 0.15) is 12.0 Å². The number of carbonyl (C=O) groups is 3. The molecule has 154 valence electrons. The Morgan fingerprint density at radius 2 is 2.03 bits per heavy atom. The number of anilines is 1. The van der Waals surface area contributed by atoms with Crippen molar-refractivity contribution in [1.82, 2.24) is 15.2 Å². The molecule has 0 aliphatic carbocycles. The summed E-state index contributed by atoms with van der Waals surface area (Å²) in [7, 11) is 1.58. The van der Waals surface area contributed by atoms with Crippen LogP contribution < -0.4 is 15.4 Å². The average Bonchev–Trinajstić information content (AvgIpc) is 3.26. The zero-order valence-electron chi connectivity index (χ0n) is 16.3. The molecule has 1 aliphatic heterocycles. The number of urea groups is 1. The van der Waals surface area contributed by atoms with E-state index in [0.29, 0.717) is 17.3 Å². The predicted molar refractivity (Wildman–Crippen MR) is 114 cm³/mol. The van der Waals surface area contributed by atoms with Crippen LogP contribution in [0.5, 0.6) is 5.75 Å². The van der Waals surface area contributed by atoms with Gasteiger partial charge in [-0.05, 0) is 30.2 Å². The van der Waals surface area contributed by atoms with E-state index in [9.17, 15) is 14.4 Å². The van der Waals surface area contributed by atoms with Crippen molar-refractivity contribution < 1.29 is 19.1 Å². The quantitative estimate of drug-likeness (QED) is 0.568. The highest BCUT2D eigenvalue weighted by Crippen LogP contribution is 2.29. The number of methoxy groups -OCH3 is 1. The first-order valence-electron chi connectivity index (χ1n) is 9.44. The maximum Gasteiger partial charge on any atom is 0.324 e. The average molecular weight is 424 g/mol. The summed E-state index contributed by atoms with van der Waals surface area (Å²) in [4.78, 5) is 42.7. The number of amides is 4. The minimum Gasteiger partial charge on any atom is -0.497 e. The molecule has 0 saturated carbocycles. The van der Waals surface area contributed by atoms with Gasteiger partial charge in [0.25, 0.3) is 5.91 Å². The molecule has 0 spiro atoms. The van der Waals surface area contributed by atoms with Crippen LogP contribution in [0.25, 0.3) is 10.2 Å². The third kappa shape index (κ3) is 4.25. The largest absolute Gasteiger partial charge is 0.497 e. The first kappa shape index (κ1) is 19.8. The van der Waals surface area contributed by atoms with Gasteiger partial charge in [0.2, 0.25) is 5.91 Å². The highest BCUT2D eigenvalue weighted by atomic mass is 32.1. The summed E-state index contributed by atoms with van der Waals surface area (Å²) >= 11 is 1.31. The molecule has 1 unspecified atom stereocenters. The van der Waals surface area contributed by atoms with Crippen molar-refractivity contribution in [2.24, 2.45) is 0 Å². The Bertz CT molecular complexity index is 1100. The lowest BCUT2D eigenvalue weighted by Crippen LogP contribution is -2.34. The van der Waals surface area contributed by atoms with E-state index in [2.05, 4.69) is 15.6 Å². The number of carbonyl (C=O) groups excluding carboxylic acids is 3. The maximum absolute atomic E-state index is 12.6. The van der Waals surface area contributed by atoms with Crippen LogP contribution in [0.4, 0.5) is 9.93 Å². The van der Waals surface area contributed by atoms with Gasteiger partial charge in [-0.3, -0.25) is 14.5 Å². The molecule has 9 heteroatoms. The van der Waals surface area contributed by atoms with E-state index < -0.39 is 12.1 Å². The molecule has 1 saturated heterocycles. The van der Waals surface area contributed by atoms with Crippen molar-refractivity contribution in [2.75, 3.05) is 19.0 Å². The first-order valence-corrected chi connectivity index (χ1v) is 10.3. The van der Waals surface area contributed by atoms with Crippen molar-refractivity contribution in [3.8, 4) is 5.75 Å². The third-order valence-electron chi connectivity index (χ3n) is 4.81. The summed E-state index contributed by atoms with van der Waals surface area (Å²) in [5.74, 6) is -0.0661. The number of nitrogens with zero attached hydrogens (tertiary/aromatic N) is 2. The van der Waals surface area contributed by atoms with Crippen LogP contribution >= 0.6 is 11.3 Å². The van der Waals surface area contributed by atoms with Crippen LogP contribution in [0.15, 0.2) is 48.5 Å². The molecule has 1 fully saturated rings. The number of hydrogen-bond donors (Lipinski definition) is 2. The summed E-state index contributed by atoms with van der Waals surface area (Å²) in [6.45, 7) is 0.270. The molecule has 8 nitrogen and oxygen atoms in total. The smallest absolute Gasteiger partial charge is 0.324 e. The Hall–Kier alpha value is -3.46. The molecule has 0 bridgehead atoms. The standard InChI is InChI=1S/C21H20N4O4S/c1-29-14-7-8-15-17(11-14)30-20(22-15)24-18(26)12-16-19(27)25(21(28)23-16)10-9-13-5-3-2-4-6-13/h2-8,11,16H,9-10,12H2,1H3,(H,23,28)(H,22,24,26). The molecule has 1 atom stereocenters. The Kier molecular flexibility index (Phi) is 5.62. The van der Waals surface area contributed by atoms with E-state index in [4.69, 9.17) is 4.74 Å².